The van der Waals surface area contributed by atoms with Crippen LogP contribution in [0.15, 0.2) is 18.2 Å². The Labute approximate surface area is 124 Å². The molecule has 1 atom stereocenters. The molecule has 0 bridgehead atoms. The van der Waals surface area contributed by atoms with Crippen molar-refractivity contribution >= 4 is 5.91 Å². The van der Waals surface area contributed by atoms with Crippen LogP contribution in [0.5, 0.6) is 11.5 Å². The zero-order valence-corrected chi connectivity index (χ0v) is 12.1. The number of nitrogens with zero attached hydrogens (tertiary/aromatic N) is 1. The van der Waals surface area contributed by atoms with Crippen molar-refractivity contribution in [1.29, 1.82) is 0 Å². The minimum atomic E-state index is -0.310. The summed E-state index contributed by atoms with van der Waals surface area (Å²) in [5.41, 5.74) is 0.200. The summed E-state index contributed by atoms with van der Waals surface area (Å²) in [6, 6.07) is 4.85. The molecule has 5 heteroatoms. The van der Waals surface area contributed by atoms with Crippen LogP contribution >= 0.6 is 0 Å². The van der Waals surface area contributed by atoms with Gasteiger partial charge in [0.2, 0.25) is 0 Å². The molecule has 2 fully saturated rings. The molecule has 3 rings (SSSR count). The van der Waals surface area contributed by atoms with Crippen molar-refractivity contribution in [3.05, 3.63) is 23.8 Å². The monoisotopic (exact) mass is 290 g/mol. The van der Waals surface area contributed by atoms with Gasteiger partial charge in [-0.15, -0.1) is 0 Å². The Bertz CT molecular complexity index is 522. The largest absolute Gasteiger partial charge is 0.504 e. The standard InChI is InChI=1S/C16H22N2O3/c19-14-5-1-4-13(15(14)20)16(21)18(12-6-7-12)10-11-3-2-8-17-9-11/h1,4-5,11-12,17,19-20H,2-3,6-10H2. The average molecular weight is 290 g/mol. The van der Waals surface area contributed by atoms with Gasteiger partial charge in [0, 0.05) is 12.6 Å². The normalized spacial score (nSPS) is 22.0. The molecule has 3 N–H and O–H groups in total. The molecule has 1 amide bonds. The molecule has 21 heavy (non-hydrogen) atoms. The minimum Gasteiger partial charge on any atom is -0.504 e. The molecule has 1 aromatic carbocycles. The van der Waals surface area contributed by atoms with E-state index in [9.17, 15) is 15.0 Å². The van der Waals surface area contributed by atoms with Gasteiger partial charge < -0.3 is 20.4 Å². The Balaban J connectivity index is 1.76. The molecule has 5 nitrogen and oxygen atoms in total. The molecule has 114 valence electrons. The van der Waals surface area contributed by atoms with Gasteiger partial charge in [0.25, 0.3) is 5.91 Å². The van der Waals surface area contributed by atoms with E-state index in [2.05, 4.69) is 5.32 Å². The second-order valence-corrected chi connectivity index (χ2v) is 6.07. The molecule has 0 spiro atoms. The van der Waals surface area contributed by atoms with Crippen molar-refractivity contribution in [1.82, 2.24) is 10.2 Å². The van der Waals surface area contributed by atoms with Crippen LogP contribution in [0, 0.1) is 5.92 Å². The highest BCUT2D eigenvalue weighted by Crippen LogP contribution is 2.34. The zero-order chi connectivity index (χ0) is 14.8. The maximum atomic E-state index is 12.7. The van der Waals surface area contributed by atoms with Crippen LogP contribution in [0.25, 0.3) is 0 Å². The van der Waals surface area contributed by atoms with E-state index in [1.807, 2.05) is 4.90 Å². The van der Waals surface area contributed by atoms with Crippen LogP contribution in [0.4, 0.5) is 0 Å². The quantitative estimate of drug-likeness (QED) is 0.738. The van der Waals surface area contributed by atoms with E-state index in [4.69, 9.17) is 0 Å². The number of rotatable bonds is 4. The van der Waals surface area contributed by atoms with Crippen molar-refractivity contribution in [3.8, 4) is 11.5 Å². The van der Waals surface area contributed by atoms with Gasteiger partial charge in [0.1, 0.15) is 0 Å². The van der Waals surface area contributed by atoms with Crippen LogP contribution in [-0.4, -0.2) is 46.7 Å². The Morgan fingerprint density at radius 1 is 1.29 bits per heavy atom. The number of phenols is 2. The fourth-order valence-electron chi connectivity index (χ4n) is 3.00. The highest BCUT2D eigenvalue weighted by atomic mass is 16.3. The van der Waals surface area contributed by atoms with E-state index in [0.717, 1.165) is 45.3 Å². The summed E-state index contributed by atoms with van der Waals surface area (Å²) in [6.45, 7) is 2.73. The Morgan fingerprint density at radius 3 is 2.76 bits per heavy atom. The number of carbonyl (C=O) groups excluding carboxylic acids is 1. The first-order valence-electron chi connectivity index (χ1n) is 7.69. The fourth-order valence-corrected chi connectivity index (χ4v) is 3.00. The average Bonchev–Trinajstić information content (AvgIpc) is 3.33. The van der Waals surface area contributed by atoms with Gasteiger partial charge in [0.15, 0.2) is 11.5 Å². The van der Waals surface area contributed by atoms with E-state index in [1.165, 1.54) is 6.07 Å². The second kappa shape index (κ2) is 5.93. The minimum absolute atomic E-state index is 0.170. The van der Waals surface area contributed by atoms with E-state index >= 15 is 0 Å². The third kappa shape index (κ3) is 3.13. The number of nitrogens with one attached hydrogen (secondary N) is 1. The van der Waals surface area contributed by atoms with Crippen molar-refractivity contribution in [3.63, 3.8) is 0 Å². The summed E-state index contributed by atoms with van der Waals surface area (Å²) in [5, 5.41) is 22.9. The van der Waals surface area contributed by atoms with Gasteiger partial charge in [-0.05, 0) is 56.8 Å². The van der Waals surface area contributed by atoms with Crippen molar-refractivity contribution in [2.45, 2.75) is 31.7 Å². The number of para-hydroxylation sites is 1. The van der Waals surface area contributed by atoms with Gasteiger partial charge in [-0.1, -0.05) is 6.07 Å². The number of aromatic hydroxyl groups is 2. The SMILES string of the molecule is O=C(c1cccc(O)c1O)N(CC1CCCNC1)C1CC1. The lowest BCUT2D eigenvalue weighted by Gasteiger charge is -2.30. The smallest absolute Gasteiger partial charge is 0.258 e. The molecular formula is C16H22N2O3. The summed E-state index contributed by atoms with van der Waals surface area (Å²) in [5.74, 6) is -0.245. The zero-order valence-electron chi connectivity index (χ0n) is 12.1. The first kappa shape index (κ1) is 14.2. The highest BCUT2D eigenvalue weighted by molar-refractivity contribution is 5.98. The van der Waals surface area contributed by atoms with Crippen LogP contribution in [0.2, 0.25) is 0 Å². The Kier molecular flexibility index (Phi) is 4.01. The van der Waals surface area contributed by atoms with Gasteiger partial charge in [-0.2, -0.15) is 0 Å². The lowest BCUT2D eigenvalue weighted by Crippen LogP contribution is -2.42. The topological polar surface area (TPSA) is 72.8 Å². The molecule has 1 saturated heterocycles. The number of piperidine rings is 1. The van der Waals surface area contributed by atoms with Crippen LogP contribution in [-0.2, 0) is 0 Å². The lowest BCUT2D eigenvalue weighted by molar-refractivity contribution is 0.0700. The lowest BCUT2D eigenvalue weighted by atomic mass is 9.98. The highest BCUT2D eigenvalue weighted by Gasteiger charge is 2.35. The summed E-state index contributed by atoms with van der Waals surface area (Å²) < 4.78 is 0. The number of amides is 1. The van der Waals surface area contributed by atoms with Crippen LogP contribution in [0.1, 0.15) is 36.0 Å². The molecule has 1 aliphatic carbocycles. The summed E-state index contributed by atoms with van der Waals surface area (Å²) >= 11 is 0. The summed E-state index contributed by atoms with van der Waals surface area (Å²) in [7, 11) is 0. The second-order valence-electron chi connectivity index (χ2n) is 6.07. The first-order valence-corrected chi connectivity index (χ1v) is 7.69. The van der Waals surface area contributed by atoms with Crippen LogP contribution < -0.4 is 5.32 Å². The van der Waals surface area contributed by atoms with Gasteiger partial charge in [0.05, 0.1) is 5.56 Å². The summed E-state index contributed by atoms with van der Waals surface area (Å²) in [4.78, 5) is 14.6. The number of phenolic OH excluding ortho intramolecular Hbond substituents is 2. The molecule has 2 aliphatic rings. The van der Waals surface area contributed by atoms with E-state index in [-0.39, 0.29) is 23.0 Å². The van der Waals surface area contributed by atoms with Gasteiger partial charge in [-0.25, -0.2) is 0 Å². The molecule has 0 aromatic heterocycles. The molecule has 1 unspecified atom stereocenters. The number of hydrogen-bond donors (Lipinski definition) is 3. The van der Waals surface area contributed by atoms with Crippen LogP contribution in [0.3, 0.4) is 0 Å². The third-order valence-corrected chi connectivity index (χ3v) is 4.35. The molecule has 1 aliphatic heterocycles. The molecular weight excluding hydrogens is 268 g/mol. The molecule has 1 aromatic rings. The van der Waals surface area contributed by atoms with Crippen molar-refractivity contribution < 1.29 is 15.0 Å². The third-order valence-electron chi connectivity index (χ3n) is 4.35. The van der Waals surface area contributed by atoms with E-state index in [1.54, 1.807) is 12.1 Å². The van der Waals surface area contributed by atoms with E-state index in [0.29, 0.717) is 12.0 Å². The molecule has 1 saturated carbocycles. The Morgan fingerprint density at radius 2 is 2.10 bits per heavy atom. The maximum absolute atomic E-state index is 12.7. The number of hydrogen-bond acceptors (Lipinski definition) is 4. The summed E-state index contributed by atoms with van der Waals surface area (Å²) in [6.07, 6.45) is 4.35. The maximum Gasteiger partial charge on any atom is 0.258 e. The first-order chi connectivity index (χ1) is 10.2. The molecule has 1 heterocycles. The molecule has 0 radical (unpaired) electrons. The number of carbonyl (C=O) groups is 1. The fraction of sp³-hybridized carbons (Fsp3) is 0.562. The van der Waals surface area contributed by atoms with Crippen molar-refractivity contribution in [2.75, 3.05) is 19.6 Å². The van der Waals surface area contributed by atoms with E-state index < -0.39 is 0 Å². The van der Waals surface area contributed by atoms with Gasteiger partial charge in [-0.3, -0.25) is 4.79 Å². The predicted octanol–water partition coefficient (Wildman–Crippen LogP) is 1.70. The number of benzene rings is 1. The Hall–Kier alpha value is -1.75. The van der Waals surface area contributed by atoms with Gasteiger partial charge >= 0.3 is 0 Å². The van der Waals surface area contributed by atoms with Crippen molar-refractivity contribution in [2.24, 2.45) is 5.92 Å². The predicted molar refractivity (Wildman–Crippen MR) is 79.4 cm³/mol.